The molecule has 0 bridgehead atoms. The molecule has 0 aromatic carbocycles. The molecule has 0 aliphatic carbocycles. The van der Waals surface area contributed by atoms with Gasteiger partial charge in [0.2, 0.25) is 0 Å². The topological polar surface area (TPSA) is 17.1 Å². The number of carbonyl (C=O) groups is 1. The molecule has 0 spiro atoms. The third kappa shape index (κ3) is 29.2. The smallest absolute Gasteiger partial charge is 0.130 e. The summed E-state index contributed by atoms with van der Waals surface area (Å²) in [5, 5.41) is 0. The van der Waals surface area contributed by atoms with E-state index in [0.29, 0.717) is 5.92 Å². The van der Waals surface area contributed by atoms with E-state index in [2.05, 4.69) is 20.8 Å². The predicted octanol–water partition coefficient (Wildman–Crippen LogP) is 5.48. The summed E-state index contributed by atoms with van der Waals surface area (Å²) in [6.45, 7) is 16.5. The quantitative estimate of drug-likeness (QED) is 0.611. The van der Waals surface area contributed by atoms with E-state index in [9.17, 15) is 4.79 Å². The Morgan fingerprint density at radius 2 is 1.50 bits per heavy atom. The Labute approximate surface area is 104 Å². The zero-order valence-electron chi connectivity index (χ0n) is 12.9. The van der Waals surface area contributed by atoms with E-state index >= 15 is 0 Å². The zero-order valence-corrected chi connectivity index (χ0v) is 12.9. The summed E-state index contributed by atoms with van der Waals surface area (Å²) in [4.78, 5) is 10.3. The van der Waals surface area contributed by atoms with Crippen LogP contribution in [0.15, 0.2) is 0 Å². The number of hydrogen-bond donors (Lipinski definition) is 0. The molecule has 0 heterocycles. The summed E-state index contributed by atoms with van der Waals surface area (Å²) < 4.78 is 0. The first-order valence-electron chi connectivity index (χ1n) is 6.93. The lowest BCUT2D eigenvalue weighted by molar-refractivity contribution is -0.117. The molecule has 1 heteroatoms. The van der Waals surface area contributed by atoms with E-state index < -0.39 is 0 Å². The molecule has 1 unspecified atom stereocenters. The minimum absolute atomic E-state index is 0.287. The van der Waals surface area contributed by atoms with E-state index in [0.717, 1.165) is 12.3 Å². The molecule has 0 aromatic heterocycles. The normalized spacial score (nSPS) is 10.8. The summed E-state index contributed by atoms with van der Waals surface area (Å²) >= 11 is 0. The molecule has 1 atom stereocenters. The Morgan fingerprint density at radius 1 is 1.06 bits per heavy atom. The van der Waals surface area contributed by atoms with Crippen molar-refractivity contribution in [3.05, 3.63) is 0 Å². The molecular formula is C15H34O. The molecule has 16 heavy (non-hydrogen) atoms. The van der Waals surface area contributed by atoms with Gasteiger partial charge in [0.1, 0.15) is 5.78 Å². The Morgan fingerprint density at radius 3 is 1.56 bits per heavy atom. The largest absolute Gasteiger partial charge is 0.300 e. The number of ketones is 1. The molecule has 100 valence electrons. The third-order valence-electron chi connectivity index (χ3n) is 2.17. The minimum Gasteiger partial charge on any atom is -0.300 e. The van der Waals surface area contributed by atoms with E-state index in [1.807, 2.05) is 27.7 Å². The van der Waals surface area contributed by atoms with Gasteiger partial charge in [0.25, 0.3) is 0 Å². The molecule has 0 N–H and O–H groups in total. The summed E-state index contributed by atoms with van der Waals surface area (Å²) in [6, 6.07) is 0. The predicted molar refractivity (Wildman–Crippen MR) is 75.8 cm³/mol. The first-order valence-corrected chi connectivity index (χ1v) is 6.93. The van der Waals surface area contributed by atoms with Crippen LogP contribution in [0.25, 0.3) is 0 Å². The van der Waals surface area contributed by atoms with Gasteiger partial charge >= 0.3 is 0 Å². The van der Waals surface area contributed by atoms with E-state index in [4.69, 9.17) is 0 Å². The van der Waals surface area contributed by atoms with Crippen LogP contribution in [0.3, 0.4) is 0 Å². The van der Waals surface area contributed by atoms with Gasteiger partial charge in [-0.2, -0.15) is 0 Å². The number of Topliss-reactive ketones (excluding diaryl/α,β-unsaturated/α-hetero) is 1. The van der Waals surface area contributed by atoms with Crippen LogP contribution in [0.5, 0.6) is 0 Å². The highest BCUT2D eigenvalue weighted by molar-refractivity contribution is 5.75. The first-order chi connectivity index (χ1) is 7.43. The average Bonchev–Trinajstić information content (AvgIpc) is 2.20. The van der Waals surface area contributed by atoms with Gasteiger partial charge in [-0.15, -0.1) is 0 Å². The maximum Gasteiger partial charge on any atom is 0.130 e. The van der Waals surface area contributed by atoms with Crippen molar-refractivity contribution in [3.63, 3.8) is 0 Å². The molecule has 1 nitrogen and oxygen atoms in total. The Kier molecular flexibility index (Phi) is 22.4. The molecule has 0 aliphatic heterocycles. The van der Waals surface area contributed by atoms with Crippen molar-refractivity contribution in [2.24, 2.45) is 11.8 Å². The van der Waals surface area contributed by atoms with E-state index in [-0.39, 0.29) is 5.78 Å². The summed E-state index contributed by atoms with van der Waals surface area (Å²) in [6.07, 6.45) is 4.80. The van der Waals surface area contributed by atoms with Crippen LogP contribution < -0.4 is 0 Å². The number of carbonyl (C=O) groups excluding carboxylic acids is 1. The van der Waals surface area contributed by atoms with Gasteiger partial charge in [0.15, 0.2) is 0 Å². The lowest BCUT2D eigenvalue weighted by Gasteiger charge is -2.02. The lowest BCUT2D eigenvalue weighted by atomic mass is 10.0. The second-order valence-electron chi connectivity index (χ2n) is 4.60. The van der Waals surface area contributed by atoms with Crippen molar-refractivity contribution in [2.45, 2.75) is 81.1 Å². The second kappa shape index (κ2) is 17.1. The minimum atomic E-state index is 0.287. The molecule has 0 aromatic rings. The van der Waals surface area contributed by atoms with Crippen LogP contribution in [0.2, 0.25) is 0 Å². The Balaban J connectivity index is -0.000000183. The van der Waals surface area contributed by atoms with Crippen LogP contribution >= 0.6 is 0 Å². The van der Waals surface area contributed by atoms with Crippen molar-refractivity contribution >= 4 is 5.78 Å². The summed E-state index contributed by atoms with van der Waals surface area (Å²) in [5.74, 6) is 1.76. The van der Waals surface area contributed by atoms with Crippen LogP contribution in [0.4, 0.5) is 0 Å². The highest BCUT2D eigenvalue weighted by Crippen LogP contribution is 2.07. The summed E-state index contributed by atoms with van der Waals surface area (Å²) in [5.41, 5.74) is 0. The van der Waals surface area contributed by atoms with Gasteiger partial charge in [-0.25, -0.2) is 0 Å². The zero-order chi connectivity index (χ0) is 13.6. The van der Waals surface area contributed by atoms with Crippen molar-refractivity contribution < 1.29 is 4.79 Å². The van der Waals surface area contributed by atoms with Crippen LogP contribution in [0, 0.1) is 11.8 Å². The Bertz CT molecular complexity index is 127. The van der Waals surface area contributed by atoms with Crippen LogP contribution in [-0.4, -0.2) is 5.78 Å². The van der Waals surface area contributed by atoms with E-state index in [1.165, 1.54) is 19.3 Å². The first kappa shape index (κ1) is 21.0. The van der Waals surface area contributed by atoms with Crippen molar-refractivity contribution in [1.29, 1.82) is 0 Å². The van der Waals surface area contributed by atoms with Crippen LogP contribution in [0.1, 0.15) is 81.1 Å². The van der Waals surface area contributed by atoms with E-state index in [1.54, 1.807) is 6.92 Å². The standard InChI is InChI=1S/C7H16.C6H12O.C2H6/c1-4-6-7(3)5-2;1-5(2)4-6(3)7;1-2/h7H,4-6H2,1-3H3;5H,4H2,1-3H3;1-2H3. The molecule has 0 aliphatic rings. The SMILES string of the molecule is CC.CC(=O)CC(C)C.CCCC(C)CC. The maximum absolute atomic E-state index is 10.3. The highest BCUT2D eigenvalue weighted by Gasteiger charge is 1.95. The third-order valence-corrected chi connectivity index (χ3v) is 2.17. The lowest BCUT2D eigenvalue weighted by Crippen LogP contribution is -1.95. The monoisotopic (exact) mass is 230 g/mol. The fraction of sp³-hybridized carbons (Fsp3) is 0.933. The van der Waals surface area contributed by atoms with Crippen molar-refractivity contribution in [1.82, 2.24) is 0 Å². The molecule has 0 saturated carbocycles. The number of rotatable bonds is 5. The molecule has 0 fully saturated rings. The van der Waals surface area contributed by atoms with Gasteiger partial charge < -0.3 is 4.79 Å². The van der Waals surface area contributed by atoms with Gasteiger partial charge in [0, 0.05) is 6.42 Å². The fourth-order valence-electron chi connectivity index (χ4n) is 1.27. The Hall–Kier alpha value is -0.330. The maximum atomic E-state index is 10.3. The summed E-state index contributed by atoms with van der Waals surface area (Å²) in [7, 11) is 0. The molecular weight excluding hydrogens is 196 g/mol. The second-order valence-corrected chi connectivity index (χ2v) is 4.60. The van der Waals surface area contributed by atoms with Gasteiger partial charge in [-0.3, -0.25) is 0 Å². The van der Waals surface area contributed by atoms with Crippen molar-refractivity contribution in [2.75, 3.05) is 0 Å². The number of hydrogen-bond acceptors (Lipinski definition) is 1. The van der Waals surface area contributed by atoms with Crippen LogP contribution in [-0.2, 0) is 4.79 Å². The molecule has 0 saturated heterocycles. The molecule has 0 radical (unpaired) electrons. The molecule has 0 rings (SSSR count). The fourth-order valence-corrected chi connectivity index (χ4v) is 1.27. The van der Waals surface area contributed by atoms with Gasteiger partial charge in [0.05, 0.1) is 0 Å². The van der Waals surface area contributed by atoms with Gasteiger partial charge in [-0.1, -0.05) is 67.7 Å². The van der Waals surface area contributed by atoms with Gasteiger partial charge in [-0.05, 0) is 18.8 Å². The average molecular weight is 230 g/mol. The highest BCUT2D eigenvalue weighted by atomic mass is 16.1. The molecule has 0 amide bonds. The van der Waals surface area contributed by atoms with Crippen molar-refractivity contribution in [3.8, 4) is 0 Å².